The number of aliphatic imine (C=N–C) groups is 2. The standard InChI is InChI=1S/C32H39ClFN5/c1-20-15-21-9-5-6-10-24(21)25(16-20)28-26(33)17-32(2)30(29(28)34)36-27(11-7-8-14-38(3)4)37-31(32)39-18-22-12-13-23(19-39)35-22/h5-6,9-10,15-16,22-23,35H,7-8,11-14,17-19H2,1-4H3. The van der Waals surface area contributed by atoms with Gasteiger partial charge in [-0.2, -0.15) is 0 Å². The van der Waals surface area contributed by atoms with Crippen molar-refractivity contribution in [3.8, 4) is 0 Å². The number of benzene rings is 2. The summed E-state index contributed by atoms with van der Waals surface area (Å²) in [7, 11) is 4.18. The molecule has 3 atom stereocenters. The highest BCUT2D eigenvalue weighted by atomic mass is 35.5. The number of amidine groups is 2. The molecule has 2 aromatic rings. The highest BCUT2D eigenvalue weighted by molar-refractivity contribution is 6.34. The monoisotopic (exact) mass is 547 g/mol. The number of piperazine rings is 1. The van der Waals surface area contributed by atoms with Gasteiger partial charge in [-0.15, -0.1) is 0 Å². The van der Waals surface area contributed by atoms with Crippen molar-refractivity contribution in [3.63, 3.8) is 0 Å². The second-order valence-corrected chi connectivity index (χ2v) is 12.7. The van der Waals surface area contributed by atoms with Gasteiger partial charge in [0.2, 0.25) is 0 Å². The van der Waals surface area contributed by atoms with E-state index in [1.54, 1.807) is 0 Å². The second kappa shape index (κ2) is 10.5. The van der Waals surface area contributed by atoms with Gasteiger partial charge in [-0.25, -0.2) is 14.4 Å². The predicted octanol–water partition coefficient (Wildman–Crippen LogP) is 6.67. The maximum absolute atomic E-state index is 16.9. The Balaban J connectivity index is 1.44. The normalized spacial score (nSPS) is 26.9. The summed E-state index contributed by atoms with van der Waals surface area (Å²) in [5.74, 6) is 1.37. The quantitative estimate of drug-likeness (QED) is 0.411. The molecule has 2 aromatic carbocycles. The molecular formula is C32H39ClFN5. The zero-order valence-electron chi connectivity index (χ0n) is 23.5. The minimum Gasteiger partial charge on any atom is -0.356 e. The summed E-state index contributed by atoms with van der Waals surface area (Å²) in [6, 6.07) is 13.3. The molecule has 206 valence electrons. The Hall–Kier alpha value is -2.54. The maximum atomic E-state index is 16.9. The topological polar surface area (TPSA) is 43.2 Å². The number of hydrogen-bond acceptors (Lipinski definition) is 5. The molecule has 4 aliphatic rings. The molecular weight excluding hydrogens is 509 g/mol. The number of unbranched alkanes of at least 4 members (excludes halogenated alkanes) is 1. The van der Waals surface area contributed by atoms with Crippen LogP contribution in [0.4, 0.5) is 4.39 Å². The molecule has 5 nitrogen and oxygen atoms in total. The molecule has 0 saturated carbocycles. The van der Waals surface area contributed by atoms with Crippen molar-refractivity contribution >= 4 is 39.6 Å². The largest absolute Gasteiger partial charge is 0.356 e. The fourth-order valence-electron chi connectivity index (χ4n) is 6.86. The molecule has 2 bridgehead atoms. The second-order valence-electron chi connectivity index (χ2n) is 12.3. The van der Waals surface area contributed by atoms with E-state index in [0.29, 0.717) is 34.8 Å². The SMILES string of the molecule is Cc1cc(C2=C(Cl)CC3(C)C(N4CC5CCC(C4)N5)=NC(CCCCN(C)C)=NC3=C2F)c2ccccc2c1. The number of nitrogens with one attached hydrogen (secondary N) is 1. The number of likely N-dealkylation sites (tertiary alicyclic amines) is 1. The fraction of sp³-hybridized carbons (Fsp3) is 0.500. The lowest BCUT2D eigenvalue weighted by Crippen LogP contribution is -2.57. The molecule has 2 saturated heterocycles. The molecule has 1 N–H and O–H groups in total. The third-order valence-electron chi connectivity index (χ3n) is 8.75. The zero-order chi connectivity index (χ0) is 27.3. The van der Waals surface area contributed by atoms with Crippen molar-refractivity contribution in [2.45, 2.75) is 64.5 Å². The van der Waals surface area contributed by atoms with Crippen LogP contribution < -0.4 is 5.32 Å². The molecule has 6 rings (SSSR count). The van der Waals surface area contributed by atoms with E-state index in [-0.39, 0.29) is 5.83 Å². The van der Waals surface area contributed by atoms with Crippen molar-refractivity contribution in [1.82, 2.24) is 15.1 Å². The van der Waals surface area contributed by atoms with Gasteiger partial charge in [-0.05, 0) is 82.1 Å². The molecule has 3 unspecified atom stereocenters. The summed E-state index contributed by atoms with van der Waals surface area (Å²) in [6.45, 7) is 6.94. The first-order valence-corrected chi connectivity index (χ1v) is 14.7. The van der Waals surface area contributed by atoms with E-state index in [1.807, 2.05) is 12.1 Å². The minimum absolute atomic E-state index is 0.305. The first-order chi connectivity index (χ1) is 18.7. The predicted molar refractivity (Wildman–Crippen MR) is 161 cm³/mol. The van der Waals surface area contributed by atoms with Crippen LogP contribution in [0.5, 0.6) is 0 Å². The van der Waals surface area contributed by atoms with Crippen molar-refractivity contribution in [2.24, 2.45) is 15.4 Å². The van der Waals surface area contributed by atoms with Crippen LogP contribution in [0.1, 0.15) is 56.6 Å². The molecule has 0 radical (unpaired) electrons. The van der Waals surface area contributed by atoms with Crippen LogP contribution in [0.15, 0.2) is 62.9 Å². The van der Waals surface area contributed by atoms with Crippen LogP contribution in [0.2, 0.25) is 0 Å². The summed E-state index contributed by atoms with van der Waals surface area (Å²) < 4.78 is 16.9. The summed E-state index contributed by atoms with van der Waals surface area (Å²) in [6.07, 6.45) is 5.61. The summed E-state index contributed by atoms with van der Waals surface area (Å²) in [4.78, 5) is 14.7. The number of halogens is 2. The maximum Gasteiger partial charge on any atom is 0.154 e. The van der Waals surface area contributed by atoms with Gasteiger partial charge in [0.25, 0.3) is 0 Å². The van der Waals surface area contributed by atoms with Crippen LogP contribution in [0.25, 0.3) is 16.3 Å². The third-order valence-corrected chi connectivity index (χ3v) is 9.07. The number of hydrogen-bond donors (Lipinski definition) is 1. The Labute approximate surface area is 236 Å². The summed E-state index contributed by atoms with van der Waals surface area (Å²) in [5, 5.41) is 6.36. The van der Waals surface area contributed by atoms with Crippen molar-refractivity contribution in [3.05, 3.63) is 64.1 Å². The molecule has 0 amide bonds. The Morgan fingerprint density at radius 3 is 2.59 bits per heavy atom. The van der Waals surface area contributed by atoms with Crippen molar-refractivity contribution in [1.29, 1.82) is 0 Å². The van der Waals surface area contributed by atoms with Crippen molar-refractivity contribution in [2.75, 3.05) is 33.7 Å². The Bertz CT molecular complexity index is 1410. The lowest BCUT2D eigenvalue weighted by molar-refractivity contribution is 0.265. The summed E-state index contributed by atoms with van der Waals surface area (Å²) >= 11 is 7.08. The Morgan fingerprint density at radius 2 is 1.85 bits per heavy atom. The van der Waals surface area contributed by atoms with E-state index in [0.717, 1.165) is 72.5 Å². The minimum atomic E-state index is -0.700. The van der Waals surface area contributed by atoms with Crippen LogP contribution in [0, 0.1) is 12.3 Å². The number of allylic oxidation sites excluding steroid dienone is 3. The average Bonchev–Trinajstić information content (AvgIpc) is 3.23. The molecule has 0 aromatic heterocycles. The zero-order valence-corrected chi connectivity index (χ0v) is 24.3. The van der Waals surface area contributed by atoms with Gasteiger partial charge in [-0.1, -0.05) is 48.0 Å². The van der Waals surface area contributed by atoms with E-state index < -0.39 is 5.41 Å². The van der Waals surface area contributed by atoms with Crippen LogP contribution >= 0.6 is 11.6 Å². The van der Waals surface area contributed by atoms with E-state index >= 15 is 4.39 Å². The van der Waals surface area contributed by atoms with Gasteiger partial charge in [0.05, 0.1) is 11.1 Å². The highest BCUT2D eigenvalue weighted by Gasteiger charge is 2.49. The first kappa shape index (κ1) is 26.7. The van der Waals surface area contributed by atoms with E-state index in [9.17, 15) is 0 Å². The van der Waals surface area contributed by atoms with Crippen LogP contribution in [-0.4, -0.2) is 67.3 Å². The molecule has 3 heterocycles. The molecule has 2 fully saturated rings. The molecule has 39 heavy (non-hydrogen) atoms. The molecule has 3 aliphatic heterocycles. The van der Waals surface area contributed by atoms with Gasteiger partial charge in [0.15, 0.2) is 5.83 Å². The fourth-order valence-corrected chi connectivity index (χ4v) is 7.32. The lowest BCUT2D eigenvalue weighted by atomic mass is 9.74. The van der Waals surface area contributed by atoms with Gasteiger partial charge in [0.1, 0.15) is 11.7 Å². The Kier molecular flexibility index (Phi) is 7.15. The average molecular weight is 548 g/mol. The van der Waals surface area contributed by atoms with E-state index in [4.69, 9.17) is 21.6 Å². The van der Waals surface area contributed by atoms with E-state index in [2.05, 4.69) is 67.3 Å². The third kappa shape index (κ3) is 4.96. The molecule has 7 heteroatoms. The van der Waals surface area contributed by atoms with Gasteiger partial charge >= 0.3 is 0 Å². The first-order valence-electron chi connectivity index (χ1n) is 14.3. The lowest BCUT2D eigenvalue weighted by Gasteiger charge is -2.45. The van der Waals surface area contributed by atoms with Crippen LogP contribution in [0.3, 0.4) is 0 Å². The number of aryl methyl sites for hydroxylation is 1. The molecule has 0 spiro atoms. The van der Waals surface area contributed by atoms with Gasteiger partial charge < -0.3 is 15.1 Å². The molecule has 1 aliphatic carbocycles. The van der Waals surface area contributed by atoms with Crippen molar-refractivity contribution < 1.29 is 4.39 Å². The number of rotatable bonds is 6. The van der Waals surface area contributed by atoms with Crippen LogP contribution in [-0.2, 0) is 0 Å². The van der Waals surface area contributed by atoms with E-state index in [1.165, 1.54) is 12.8 Å². The number of nitrogens with zero attached hydrogens (tertiary/aromatic N) is 4. The Morgan fingerprint density at radius 1 is 1.10 bits per heavy atom. The van der Waals surface area contributed by atoms with Gasteiger partial charge in [-0.3, -0.25) is 0 Å². The number of fused-ring (bicyclic) bond motifs is 4. The smallest absolute Gasteiger partial charge is 0.154 e. The summed E-state index contributed by atoms with van der Waals surface area (Å²) in [5.41, 5.74) is 2.20. The highest BCUT2D eigenvalue weighted by Crippen LogP contribution is 2.52. The van der Waals surface area contributed by atoms with Gasteiger partial charge in [0, 0.05) is 48.6 Å².